The summed E-state index contributed by atoms with van der Waals surface area (Å²) >= 11 is 8.85. The number of benzene rings is 2. The zero-order valence-electron chi connectivity index (χ0n) is 18.0. The van der Waals surface area contributed by atoms with E-state index in [0.717, 1.165) is 10.7 Å². The molecule has 184 valence electrons. The van der Waals surface area contributed by atoms with Gasteiger partial charge in [0.25, 0.3) is 5.69 Å². The largest absolute Gasteiger partial charge is 0.457 e. The summed E-state index contributed by atoms with van der Waals surface area (Å²) in [5, 5.41) is 18.1. The number of nitro benzene ring substituents is 1. The molecule has 1 aliphatic rings. The topological polar surface area (TPSA) is 99.3 Å². The molecule has 1 fully saturated rings. The van der Waals surface area contributed by atoms with Crippen molar-refractivity contribution in [3.8, 4) is 11.5 Å². The lowest BCUT2D eigenvalue weighted by atomic mass is 10.2. The average molecular weight is 574 g/mol. The fourth-order valence-corrected chi connectivity index (χ4v) is 4.38. The van der Waals surface area contributed by atoms with Gasteiger partial charge in [0.15, 0.2) is 5.69 Å². The van der Waals surface area contributed by atoms with Crippen LogP contribution < -0.4 is 10.1 Å². The van der Waals surface area contributed by atoms with Crippen molar-refractivity contribution in [2.45, 2.75) is 37.9 Å². The lowest BCUT2D eigenvalue weighted by molar-refractivity contribution is -0.384. The van der Waals surface area contributed by atoms with Crippen LogP contribution in [0.5, 0.6) is 11.5 Å². The summed E-state index contributed by atoms with van der Waals surface area (Å²) in [6.45, 7) is 1.41. The number of carbonyl (C=O) groups is 1. The van der Waals surface area contributed by atoms with Gasteiger partial charge in [-0.05, 0) is 60.0 Å². The van der Waals surface area contributed by atoms with E-state index in [4.69, 9.17) is 16.3 Å². The Hall–Kier alpha value is -3.12. The van der Waals surface area contributed by atoms with E-state index in [0.29, 0.717) is 29.3 Å². The summed E-state index contributed by atoms with van der Waals surface area (Å²) < 4.78 is 46.8. The third-order valence-electron chi connectivity index (χ3n) is 5.29. The second kappa shape index (κ2) is 9.50. The first-order valence-electron chi connectivity index (χ1n) is 10.3. The van der Waals surface area contributed by atoms with E-state index in [1.54, 1.807) is 24.3 Å². The van der Waals surface area contributed by atoms with Gasteiger partial charge < -0.3 is 10.1 Å². The Labute approximate surface area is 210 Å². The minimum absolute atomic E-state index is 0.0373. The third-order valence-corrected chi connectivity index (χ3v) is 6.32. The maximum atomic E-state index is 13.4. The number of hydrogen-bond acceptors (Lipinski definition) is 5. The summed E-state index contributed by atoms with van der Waals surface area (Å²) in [4.78, 5) is 23.7. The summed E-state index contributed by atoms with van der Waals surface area (Å²) in [6, 6.07) is 8.83. The molecule has 1 saturated carbocycles. The molecule has 1 aliphatic carbocycles. The molecule has 35 heavy (non-hydrogen) atoms. The number of aromatic nitrogens is 2. The molecular formula is C22H17BrClF3N4O4. The van der Waals surface area contributed by atoms with Crippen molar-refractivity contribution >= 4 is 44.8 Å². The standard InChI is InChI=1S/C22H17BrClF3N4O4/c1-11(30-19(12-2-3-12)18(23)20(29-30)22(25,26)27)21(32)28-14-8-15(31(33)34)10-17(9-14)35-16-6-4-13(24)5-7-16/h4-12H,2-3H2,1H3,(H,28,32). The van der Waals surface area contributed by atoms with Gasteiger partial charge in [-0.1, -0.05) is 11.6 Å². The maximum absolute atomic E-state index is 13.4. The van der Waals surface area contributed by atoms with Gasteiger partial charge in [0.1, 0.15) is 17.5 Å². The normalized spacial score (nSPS) is 14.5. The summed E-state index contributed by atoms with van der Waals surface area (Å²) in [5.74, 6) is -0.408. The number of anilines is 1. The minimum Gasteiger partial charge on any atom is -0.457 e. The number of alkyl halides is 3. The minimum atomic E-state index is -4.70. The van der Waals surface area contributed by atoms with E-state index in [1.807, 2.05) is 0 Å². The average Bonchev–Trinajstić information content (AvgIpc) is 3.55. The number of rotatable bonds is 7. The Balaban J connectivity index is 1.61. The molecule has 13 heteroatoms. The summed E-state index contributed by atoms with van der Waals surface area (Å²) in [5.41, 5.74) is -1.12. The van der Waals surface area contributed by atoms with Crippen LogP contribution in [-0.4, -0.2) is 20.6 Å². The number of non-ortho nitro benzene ring substituents is 1. The van der Waals surface area contributed by atoms with Gasteiger partial charge in [-0.3, -0.25) is 19.6 Å². The molecule has 1 heterocycles. The Morgan fingerprint density at radius 1 is 1.26 bits per heavy atom. The molecule has 0 saturated heterocycles. The summed E-state index contributed by atoms with van der Waals surface area (Å²) in [6.07, 6.45) is -3.32. The van der Waals surface area contributed by atoms with Crippen molar-refractivity contribution in [3.63, 3.8) is 0 Å². The van der Waals surface area contributed by atoms with Gasteiger partial charge in [0, 0.05) is 23.1 Å². The van der Waals surface area contributed by atoms with Crippen LogP contribution in [0.1, 0.15) is 43.1 Å². The van der Waals surface area contributed by atoms with Crippen molar-refractivity contribution in [3.05, 3.63) is 73.5 Å². The fraction of sp³-hybridized carbons (Fsp3) is 0.273. The van der Waals surface area contributed by atoms with Crippen LogP contribution in [0, 0.1) is 10.1 Å². The Kier molecular flexibility index (Phi) is 6.78. The van der Waals surface area contributed by atoms with Crippen LogP contribution >= 0.6 is 27.5 Å². The Morgan fingerprint density at radius 2 is 1.91 bits per heavy atom. The van der Waals surface area contributed by atoms with E-state index in [-0.39, 0.29) is 27.5 Å². The van der Waals surface area contributed by atoms with Crippen LogP contribution in [0.3, 0.4) is 0 Å². The molecule has 1 N–H and O–H groups in total. The predicted octanol–water partition coefficient (Wildman–Crippen LogP) is 7.10. The number of nitrogens with one attached hydrogen (secondary N) is 1. The van der Waals surface area contributed by atoms with Crippen molar-refractivity contribution in [2.24, 2.45) is 0 Å². The number of ether oxygens (including phenoxy) is 1. The first kappa shape index (κ1) is 25.0. The quantitative estimate of drug-likeness (QED) is 0.240. The monoisotopic (exact) mass is 572 g/mol. The maximum Gasteiger partial charge on any atom is 0.436 e. The number of nitro groups is 1. The molecule has 0 spiro atoms. The van der Waals surface area contributed by atoms with Crippen LogP contribution in [0.15, 0.2) is 46.9 Å². The van der Waals surface area contributed by atoms with Crippen molar-refractivity contribution in [1.29, 1.82) is 0 Å². The first-order chi connectivity index (χ1) is 16.4. The molecule has 1 aromatic heterocycles. The highest BCUT2D eigenvalue weighted by Gasteiger charge is 2.43. The third kappa shape index (κ3) is 5.59. The van der Waals surface area contributed by atoms with Crippen LogP contribution in [0.4, 0.5) is 24.5 Å². The molecule has 0 aliphatic heterocycles. The van der Waals surface area contributed by atoms with Crippen molar-refractivity contribution < 1.29 is 27.6 Å². The molecule has 4 rings (SSSR count). The van der Waals surface area contributed by atoms with Crippen molar-refractivity contribution in [1.82, 2.24) is 9.78 Å². The molecule has 2 aromatic carbocycles. The molecule has 0 bridgehead atoms. The number of carbonyl (C=O) groups excluding carboxylic acids is 1. The number of nitrogens with zero attached hydrogens (tertiary/aromatic N) is 3. The summed E-state index contributed by atoms with van der Waals surface area (Å²) in [7, 11) is 0. The molecule has 1 atom stereocenters. The van der Waals surface area contributed by atoms with E-state index < -0.39 is 28.7 Å². The SMILES string of the molecule is CC(C(=O)Nc1cc(Oc2ccc(Cl)cc2)cc([N+](=O)[O-])c1)n1nc(C(F)(F)F)c(Br)c1C1CC1. The number of amides is 1. The fourth-order valence-electron chi connectivity index (χ4n) is 3.44. The van der Waals surface area contributed by atoms with Crippen LogP contribution in [0.2, 0.25) is 5.02 Å². The highest BCUT2D eigenvalue weighted by atomic mass is 79.9. The Morgan fingerprint density at radius 3 is 2.49 bits per heavy atom. The van der Waals surface area contributed by atoms with E-state index in [1.165, 1.54) is 19.1 Å². The smallest absolute Gasteiger partial charge is 0.436 e. The van der Waals surface area contributed by atoms with E-state index >= 15 is 0 Å². The van der Waals surface area contributed by atoms with Gasteiger partial charge in [-0.2, -0.15) is 18.3 Å². The molecular weight excluding hydrogens is 557 g/mol. The molecule has 0 radical (unpaired) electrons. The molecule has 3 aromatic rings. The van der Waals surface area contributed by atoms with Gasteiger partial charge in [-0.15, -0.1) is 0 Å². The van der Waals surface area contributed by atoms with Gasteiger partial charge in [-0.25, -0.2) is 0 Å². The first-order valence-corrected chi connectivity index (χ1v) is 11.5. The van der Waals surface area contributed by atoms with Gasteiger partial charge in [0.05, 0.1) is 26.8 Å². The Bertz CT molecular complexity index is 1290. The second-order valence-electron chi connectivity index (χ2n) is 7.96. The van der Waals surface area contributed by atoms with Gasteiger partial charge in [0.2, 0.25) is 5.91 Å². The lowest BCUT2D eigenvalue weighted by Crippen LogP contribution is -2.26. The number of hydrogen-bond donors (Lipinski definition) is 1. The highest BCUT2D eigenvalue weighted by molar-refractivity contribution is 9.10. The van der Waals surface area contributed by atoms with Crippen molar-refractivity contribution in [2.75, 3.05) is 5.32 Å². The number of halogens is 5. The zero-order valence-corrected chi connectivity index (χ0v) is 20.3. The molecule has 8 nitrogen and oxygen atoms in total. The molecule has 1 amide bonds. The second-order valence-corrected chi connectivity index (χ2v) is 9.19. The zero-order chi connectivity index (χ0) is 25.5. The predicted molar refractivity (Wildman–Crippen MR) is 125 cm³/mol. The van der Waals surface area contributed by atoms with Crippen LogP contribution in [0.25, 0.3) is 0 Å². The lowest BCUT2D eigenvalue weighted by Gasteiger charge is -2.16. The highest BCUT2D eigenvalue weighted by Crippen LogP contribution is 2.47. The van der Waals surface area contributed by atoms with Gasteiger partial charge >= 0.3 is 6.18 Å². The van der Waals surface area contributed by atoms with E-state index in [2.05, 4.69) is 26.3 Å². The van der Waals surface area contributed by atoms with Crippen LogP contribution in [-0.2, 0) is 11.0 Å². The van der Waals surface area contributed by atoms with E-state index in [9.17, 15) is 28.1 Å². The molecule has 1 unspecified atom stereocenters.